The third-order valence-corrected chi connectivity index (χ3v) is 3.78. The van der Waals surface area contributed by atoms with Crippen molar-refractivity contribution in [1.82, 2.24) is 5.32 Å². The number of benzene rings is 2. The summed E-state index contributed by atoms with van der Waals surface area (Å²) in [6.07, 6.45) is 2.82. The molecule has 0 heterocycles. The molecule has 0 fully saturated rings. The Labute approximate surface area is 132 Å². The minimum absolute atomic E-state index is 0.0399. The number of amides is 1. The van der Waals surface area contributed by atoms with E-state index in [1.165, 1.54) is 0 Å². The van der Waals surface area contributed by atoms with Crippen LogP contribution in [0.25, 0.3) is 11.6 Å². The van der Waals surface area contributed by atoms with Crippen LogP contribution in [0.5, 0.6) is 0 Å². The second-order valence-corrected chi connectivity index (χ2v) is 6.03. The number of rotatable bonds is 5. The Morgan fingerprint density at radius 3 is 2.09 bits per heavy atom. The Balaban J connectivity index is 2.39. The van der Waals surface area contributed by atoms with Crippen LogP contribution in [0.2, 0.25) is 0 Å². The summed E-state index contributed by atoms with van der Waals surface area (Å²) in [5, 5.41) is 3.12. The molecule has 2 aromatic rings. The highest BCUT2D eigenvalue weighted by molar-refractivity contribution is 6.24. The predicted octanol–water partition coefficient (Wildman–Crippen LogP) is 4.53. The van der Waals surface area contributed by atoms with Gasteiger partial charge in [0, 0.05) is 11.1 Å². The van der Waals surface area contributed by atoms with Crippen LogP contribution in [0.4, 0.5) is 0 Å². The van der Waals surface area contributed by atoms with Gasteiger partial charge in [-0.05, 0) is 37.5 Å². The van der Waals surface area contributed by atoms with Gasteiger partial charge >= 0.3 is 0 Å². The molecule has 0 saturated carbocycles. The summed E-state index contributed by atoms with van der Waals surface area (Å²) in [5.74, 6) is -0.0399. The van der Waals surface area contributed by atoms with Crippen molar-refractivity contribution in [3.63, 3.8) is 0 Å². The van der Waals surface area contributed by atoms with Crippen molar-refractivity contribution in [1.29, 1.82) is 0 Å². The number of carbonyl (C=O) groups excluding carboxylic acids is 1. The lowest BCUT2D eigenvalue weighted by Gasteiger charge is -2.25. The van der Waals surface area contributed by atoms with Gasteiger partial charge in [-0.3, -0.25) is 4.79 Å². The highest BCUT2D eigenvalue weighted by Gasteiger charge is 2.21. The molecule has 0 aliphatic rings. The predicted molar refractivity (Wildman–Crippen MR) is 93.3 cm³/mol. The topological polar surface area (TPSA) is 29.1 Å². The summed E-state index contributed by atoms with van der Waals surface area (Å²) in [7, 11) is 0. The Morgan fingerprint density at radius 2 is 1.55 bits per heavy atom. The molecule has 2 heteroatoms. The molecular formula is C20H23NO. The molecular weight excluding hydrogens is 270 g/mol. The third-order valence-electron chi connectivity index (χ3n) is 3.78. The zero-order valence-electron chi connectivity index (χ0n) is 13.5. The van der Waals surface area contributed by atoms with Crippen LogP contribution in [0.15, 0.2) is 60.7 Å². The lowest BCUT2D eigenvalue weighted by molar-refractivity contribution is -0.117. The van der Waals surface area contributed by atoms with E-state index in [0.29, 0.717) is 5.57 Å². The molecule has 0 aliphatic heterocycles. The van der Waals surface area contributed by atoms with Gasteiger partial charge in [0.2, 0.25) is 0 Å². The molecule has 114 valence electrons. The molecule has 0 spiro atoms. The van der Waals surface area contributed by atoms with Crippen molar-refractivity contribution in [3.8, 4) is 0 Å². The van der Waals surface area contributed by atoms with Crippen molar-refractivity contribution >= 4 is 17.6 Å². The van der Waals surface area contributed by atoms with Gasteiger partial charge in [0.1, 0.15) is 0 Å². The normalized spacial score (nSPS) is 12.0. The minimum Gasteiger partial charge on any atom is -0.347 e. The quantitative estimate of drug-likeness (QED) is 0.637. The van der Waals surface area contributed by atoms with Gasteiger partial charge in [-0.2, -0.15) is 0 Å². The van der Waals surface area contributed by atoms with Gasteiger partial charge in [-0.15, -0.1) is 0 Å². The molecule has 0 saturated heterocycles. The van der Waals surface area contributed by atoms with Crippen LogP contribution in [0, 0.1) is 0 Å². The number of carbonyl (C=O) groups is 1. The van der Waals surface area contributed by atoms with E-state index in [-0.39, 0.29) is 11.4 Å². The minimum atomic E-state index is -0.221. The van der Waals surface area contributed by atoms with Crippen LogP contribution < -0.4 is 5.32 Å². The number of hydrogen-bond acceptors (Lipinski definition) is 1. The lowest BCUT2D eigenvalue weighted by atomic mass is 9.98. The van der Waals surface area contributed by atoms with Crippen LogP contribution in [0.1, 0.15) is 38.3 Å². The molecule has 22 heavy (non-hydrogen) atoms. The van der Waals surface area contributed by atoms with Crippen molar-refractivity contribution in [2.75, 3.05) is 0 Å². The fourth-order valence-electron chi connectivity index (χ4n) is 2.08. The van der Waals surface area contributed by atoms with Crippen molar-refractivity contribution < 1.29 is 4.79 Å². The largest absolute Gasteiger partial charge is 0.347 e. The van der Waals surface area contributed by atoms with Gasteiger partial charge in [0.25, 0.3) is 5.91 Å². The molecule has 1 amide bonds. The average molecular weight is 293 g/mol. The molecule has 2 nitrogen and oxygen atoms in total. The van der Waals surface area contributed by atoms with Gasteiger partial charge in [-0.1, -0.05) is 67.6 Å². The second-order valence-electron chi connectivity index (χ2n) is 6.03. The van der Waals surface area contributed by atoms with E-state index in [2.05, 4.69) is 12.2 Å². The Kier molecular flexibility index (Phi) is 5.16. The van der Waals surface area contributed by atoms with Crippen molar-refractivity contribution in [3.05, 3.63) is 71.8 Å². The molecule has 2 aromatic carbocycles. The second kappa shape index (κ2) is 7.08. The highest BCUT2D eigenvalue weighted by atomic mass is 16.1. The Morgan fingerprint density at radius 1 is 1.00 bits per heavy atom. The Hall–Kier alpha value is -2.35. The molecule has 1 N–H and O–H groups in total. The third kappa shape index (κ3) is 4.32. The maximum Gasteiger partial charge on any atom is 0.252 e. The standard InChI is InChI=1S/C20H23NO/c1-4-20(2,3)21-19(22)18(17-13-9-6-10-14-17)15-16-11-7-5-8-12-16/h5-15H,4H2,1-3H3,(H,21,22). The van der Waals surface area contributed by atoms with E-state index < -0.39 is 0 Å². The van der Waals surface area contributed by atoms with E-state index in [9.17, 15) is 4.79 Å². The highest BCUT2D eigenvalue weighted by Crippen LogP contribution is 2.20. The first kappa shape index (κ1) is 16.0. The molecule has 0 atom stereocenters. The Bertz CT molecular complexity index is 642. The smallest absolute Gasteiger partial charge is 0.252 e. The molecule has 0 aromatic heterocycles. The number of hydrogen-bond donors (Lipinski definition) is 1. The van der Waals surface area contributed by atoms with Crippen molar-refractivity contribution in [2.45, 2.75) is 32.7 Å². The van der Waals surface area contributed by atoms with Crippen molar-refractivity contribution in [2.24, 2.45) is 0 Å². The first-order valence-corrected chi connectivity index (χ1v) is 7.66. The monoisotopic (exact) mass is 293 g/mol. The summed E-state index contributed by atoms with van der Waals surface area (Å²) < 4.78 is 0. The molecule has 0 aliphatic carbocycles. The van der Waals surface area contributed by atoms with Crippen LogP contribution in [-0.4, -0.2) is 11.4 Å². The summed E-state index contributed by atoms with van der Waals surface area (Å²) in [5.41, 5.74) is 2.41. The summed E-state index contributed by atoms with van der Waals surface area (Å²) in [6, 6.07) is 19.7. The van der Waals surface area contributed by atoms with Crippen LogP contribution in [-0.2, 0) is 4.79 Å². The van der Waals surface area contributed by atoms with E-state index in [0.717, 1.165) is 17.5 Å². The maximum absolute atomic E-state index is 12.7. The van der Waals surface area contributed by atoms with E-state index in [4.69, 9.17) is 0 Å². The first-order chi connectivity index (χ1) is 10.5. The zero-order valence-corrected chi connectivity index (χ0v) is 13.5. The first-order valence-electron chi connectivity index (χ1n) is 7.66. The average Bonchev–Trinajstić information content (AvgIpc) is 2.54. The van der Waals surface area contributed by atoms with Gasteiger partial charge in [-0.25, -0.2) is 0 Å². The maximum atomic E-state index is 12.7. The fourth-order valence-corrected chi connectivity index (χ4v) is 2.08. The summed E-state index contributed by atoms with van der Waals surface area (Å²) >= 11 is 0. The zero-order chi connectivity index (χ0) is 16.0. The lowest BCUT2D eigenvalue weighted by Crippen LogP contribution is -2.43. The van der Waals surface area contributed by atoms with Gasteiger partial charge in [0.15, 0.2) is 0 Å². The van der Waals surface area contributed by atoms with E-state index in [1.807, 2.05) is 80.6 Å². The van der Waals surface area contributed by atoms with Crippen LogP contribution in [0.3, 0.4) is 0 Å². The van der Waals surface area contributed by atoms with Crippen LogP contribution >= 0.6 is 0 Å². The molecule has 0 unspecified atom stereocenters. The molecule has 2 rings (SSSR count). The summed E-state index contributed by atoms with van der Waals surface area (Å²) in [6.45, 7) is 6.15. The molecule has 0 radical (unpaired) electrons. The summed E-state index contributed by atoms with van der Waals surface area (Å²) in [4.78, 5) is 12.7. The fraction of sp³-hybridized carbons (Fsp3) is 0.250. The van der Waals surface area contributed by atoms with E-state index >= 15 is 0 Å². The molecule has 0 bridgehead atoms. The van der Waals surface area contributed by atoms with E-state index in [1.54, 1.807) is 0 Å². The van der Waals surface area contributed by atoms with Gasteiger partial charge in [0.05, 0.1) is 0 Å². The van der Waals surface area contributed by atoms with Gasteiger partial charge < -0.3 is 5.32 Å². The SMILES string of the molecule is CCC(C)(C)NC(=O)C(=Cc1ccccc1)c1ccccc1. The number of nitrogens with one attached hydrogen (secondary N) is 1.